The SMILES string of the molecule is NC(N)=S.Nc1ccc([N+](=O)[O-])cc1. The van der Waals surface area contributed by atoms with Crippen LogP contribution in [0.25, 0.3) is 0 Å². The molecular weight excluding hydrogens is 204 g/mol. The molecule has 0 heterocycles. The van der Waals surface area contributed by atoms with Gasteiger partial charge in [0.25, 0.3) is 5.69 Å². The van der Waals surface area contributed by atoms with Crippen LogP contribution < -0.4 is 17.2 Å². The van der Waals surface area contributed by atoms with E-state index in [0.717, 1.165) is 0 Å². The smallest absolute Gasteiger partial charge is 0.269 e. The van der Waals surface area contributed by atoms with Crippen molar-refractivity contribution in [1.29, 1.82) is 0 Å². The van der Waals surface area contributed by atoms with E-state index in [1.165, 1.54) is 24.3 Å². The highest BCUT2D eigenvalue weighted by atomic mass is 32.1. The number of nitrogens with zero attached hydrogens (tertiary/aromatic N) is 1. The van der Waals surface area contributed by atoms with E-state index in [9.17, 15) is 10.1 Å². The van der Waals surface area contributed by atoms with Crippen LogP contribution in [-0.2, 0) is 0 Å². The Labute approximate surface area is 85.8 Å². The van der Waals surface area contributed by atoms with Gasteiger partial charge in [0.15, 0.2) is 5.11 Å². The van der Waals surface area contributed by atoms with Crippen LogP contribution in [0.2, 0.25) is 0 Å². The van der Waals surface area contributed by atoms with E-state index in [1.54, 1.807) is 0 Å². The molecule has 1 aromatic rings. The van der Waals surface area contributed by atoms with E-state index >= 15 is 0 Å². The molecule has 0 aliphatic rings. The maximum Gasteiger partial charge on any atom is 0.269 e. The predicted molar refractivity (Wildman–Crippen MR) is 58.5 cm³/mol. The van der Waals surface area contributed by atoms with Gasteiger partial charge in [-0.2, -0.15) is 0 Å². The molecule has 0 fully saturated rings. The Kier molecular flexibility index (Phi) is 4.93. The molecule has 1 aromatic carbocycles. The number of thiocarbonyl (C=S) groups is 1. The summed E-state index contributed by atoms with van der Waals surface area (Å²) in [6.45, 7) is 0. The van der Waals surface area contributed by atoms with Crippen molar-refractivity contribution in [3.63, 3.8) is 0 Å². The van der Waals surface area contributed by atoms with Crippen molar-refractivity contribution in [2.75, 3.05) is 5.73 Å². The zero-order chi connectivity index (χ0) is 11.1. The van der Waals surface area contributed by atoms with Crippen molar-refractivity contribution in [2.45, 2.75) is 0 Å². The highest BCUT2D eigenvalue weighted by molar-refractivity contribution is 7.80. The molecule has 0 bridgehead atoms. The van der Waals surface area contributed by atoms with Gasteiger partial charge in [-0.05, 0) is 24.4 Å². The standard InChI is InChI=1S/C6H6N2O2.CH4N2S/c7-5-1-3-6(4-2-5)8(9)10;2-1(3)4/h1-4H,7H2;(H4,2,3,4). The van der Waals surface area contributed by atoms with E-state index in [1.807, 2.05) is 0 Å². The van der Waals surface area contributed by atoms with Gasteiger partial charge < -0.3 is 17.2 Å². The summed E-state index contributed by atoms with van der Waals surface area (Å²) in [6.07, 6.45) is 0. The predicted octanol–water partition coefficient (Wildman–Crippen LogP) is 0.366. The van der Waals surface area contributed by atoms with Crippen LogP contribution >= 0.6 is 12.2 Å². The summed E-state index contributed by atoms with van der Waals surface area (Å²) in [5.74, 6) is 0. The lowest BCUT2D eigenvalue weighted by molar-refractivity contribution is -0.384. The van der Waals surface area contributed by atoms with Gasteiger partial charge in [-0.1, -0.05) is 0 Å². The van der Waals surface area contributed by atoms with Gasteiger partial charge in [0.2, 0.25) is 0 Å². The molecule has 0 atom stereocenters. The third kappa shape index (κ3) is 5.72. The van der Waals surface area contributed by atoms with Crippen LogP contribution in [0.4, 0.5) is 11.4 Å². The number of nitro groups is 1. The fourth-order valence-corrected chi connectivity index (χ4v) is 0.596. The zero-order valence-electron chi connectivity index (χ0n) is 7.21. The molecule has 0 saturated heterocycles. The van der Waals surface area contributed by atoms with E-state index in [4.69, 9.17) is 5.73 Å². The first-order chi connectivity index (χ1) is 6.43. The van der Waals surface area contributed by atoms with Crippen molar-refractivity contribution in [3.8, 4) is 0 Å². The lowest BCUT2D eigenvalue weighted by atomic mass is 10.3. The number of nitrogens with two attached hydrogens (primary N) is 3. The molecule has 76 valence electrons. The molecule has 0 unspecified atom stereocenters. The molecule has 1 rings (SSSR count). The summed E-state index contributed by atoms with van der Waals surface area (Å²) >= 11 is 4.09. The molecule has 0 aliphatic heterocycles. The molecular formula is C7H10N4O2S. The van der Waals surface area contributed by atoms with Crippen LogP contribution in [0.15, 0.2) is 24.3 Å². The zero-order valence-corrected chi connectivity index (χ0v) is 8.03. The largest absolute Gasteiger partial charge is 0.399 e. The number of benzene rings is 1. The minimum absolute atomic E-state index is 0.000000000000000222. The van der Waals surface area contributed by atoms with Gasteiger partial charge in [0, 0.05) is 17.8 Å². The lowest BCUT2D eigenvalue weighted by Crippen LogP contribution is -2.18. The van der Waals surface area contributed by atoms with Crippen molar-refractivity contribution in [1.82, 2.24) is 0 Å². The fourth-order valence-electron chi connectivity index (χ4n) is 0.596. The summed E-state index contributed by atoms with van der Waals surface area (Å²) in [5, 5.41) is 10.1. The van der Waals surface area contributed by atoms with Crippen LogP contribution in [0, 0.1) is 10.1 Å². The fraction of sp³-hybridized carbons (Fsp3) is 0. The first-order valence-electron chi connectivity index (χ1n) is 3.48. The van der Waals surface area contributed by atoms with E-state index in [2.05, 4.69) is 23.7 Å². The minimum Gasteiger partial charge on any atom is -0.399 e. The number of rotatable bonds is 1. The van der Waals surface area contributed by atoms with Gasteiger partial charge in [-0.15, -0.1) is 0 Å². The monoisotopic (exact) mass is 214 g/mol. The second kappa shape index (κ2) is 5.70. The van der Waals surface area contributed by atoms with Crippen molar-refractivity contribution in [2.24, 2.45) is 11.5 Å². The quantitative estimate of drug-likeness (QED) is 0.268. The van der Waals surface area contributed by atoms with Crippen LogP contribution in [0.3, 0.4) is 0 Å². The van der Waals surface area contributed by atoms with Crippen molar-refractivity contribution >= 4 is 28.7 Å². The summed E-state index contributed by atoms with van der Waals surface area (Å²) in [4.78, 5) is 9.62. The van der Waals surface area contributed by atoms with Crippen LogP contribution in [0.5, 0.6) is 0 Å². The molecule has 6 nitrogen and oxygen atoms in total. The molecule has 0 aliphatic carbocycles. The first-order valence-corrected chi connectivity index (χ1v) is 3.89. The number of hydrogen-bond acceptors (Lipinski definition) is 4. The molecule has 0 spiro atoms. The average Bonchev–Trinajstić information content (AvgIpc) is 2.03. The Morgan fingerprint density at radius 2 is 1.64 bits per heavy atom. The molecule has 0 saturated carbocycles. The van der Waals surface area contributed by atoms with Gasteiger partial charge in [-0.25, -0.2) is 0 Å². The number of anilines is 1. The Morgan fingerprint density at radius 1 is 1.29 bits per heavy atom. The second-order valence-electron chi connectivity index (χ2n) is 2.25. The van der Waals surface area contributed by atoms with E-state index < -0.39 is 4.92 Å². The van der Waals surface area contributed by atoms with Crippen LogP contribution in [0.1, 0.15) is 0 Å². The number of nitrogen functional groups attached to an aromatic ring is 1. The van der Waals surface area contributed by atoms with E-state index in [0.29, 0.717) is 5.69 Å². The van der Waals surface area contributed by atoms with Gasteiger partial charge in [-0.3, -0.25) is 10.1 Å². The third-order valence-electron chi connectivity index (χ3n) is 1.10. The highest BCUT2D eigenvalue weighted by Crippen LogP contribution is 2.11. The van der Waals surface area contributed by atoms with Gasteiger partial charge >= 0.3 is 0 Å². The Balaban J connectivity index is 0.000000364. The second-order valence-corrected chi connectivity index (χ2v) is 2.72. The number of hydrogen-bond donors (Lipinski definition) is 3. The maximum absolute atomic E-state index is 10.1. The third-order valence-corrected chi connectivity index (χ3v) is 1.10. The summed E-state index contributed by atoms with van der Waals surface area (Å²) in [7, 11) is 0. The first kappa shape index (κ1) is 12.1. The molecule has 7 heteroatoms. The van der Waals surface area contributed by atoms with Crippen molar-refractivity contribution in [3.05, 3.63) is 34.4 Å². The molecule has 6 N–H and O–H groups in total. The Morgan fingerprint density at radius 3 is 1.93 bits per heavy atom. The van der Waals surface area contributed by atoms with Crippen LogP contribution in [-0.4, -0.2) is 10.0 Å². The molecule has 0 amide bonds. The van der Waals surface area contributed by atoms with Gasteiger partial charge in [0.05, 0.1) is 4.92 Å². The van der Waals surface area contributed by atoms with Crippen molar-refractivity contribution < 1.29 is 4.92 Å². The molecule has 14 heavy (non-hydrogen) atoms. The average molecular weight is 214 g/mol. The maximum atomic E-state index is 10.1. The highest BCUT2D eigenvalue weighted by Gasteiger charge is 2.00. The minimum atomic E-state index is -0.459. The summed E-state index contributed by atoms with van der Waals surface area (Å²) in [5.41, 5.74) is 15.1. The van der Waals surface area contributed by atoms with Gasteiger partial charge in [0.1, 0.15) is 0 Å². The summed E-state index contributed by atoms with van der Waals surface area (Å²) in [6, 6.07) is 5.74. The van der Waals surface area contributed by atoms with E-state index in [-0.39, 0.29) is 10.8 Å². The molecule has 0 radical (unpaired) electrons. The molecule has 0 aromatic heterocycles. The number of non-ortho nitro benzene ring substituents is 1. The Hall–Kier alpha value is -1.89. The normalized spacial score (nSPS) is 8.29. The topological polar surface area (TPSA) is 121 Å². The lowest BCUT2D eigenvalue weighted by Gasteiger charge is -1.90. The summed E-state index contributed by atoms with van der Waals surface area (Å²) < 4.78 is 0. The number of nitro benzene ring substituents is 1. The Bertz CT molecular complexity index is 321.